The first-order valence-electron chi connectivity index (χ1n) is 6.97. The van der Waals surface area contributed by atoms with Crippen LogP contribution in [0.15, 0.2) is 39.6 Å². The molecule has 0 saturated carbocycles. The summed E-state index contributed by atoms with van der Waals surface area (Å²) in [5.74, 6) is 0.786. The zero-order valence-electron chi connectivity index (χ0n) is 12.7. The maximum Gasteiger partial charge on any atom is 0.273 e. The van der Waals surface area contributed by atoms with E-state index < -0.39 is 0 Å². The SMILES string of the molecule is Cc1noc(Cc2ccc(NC(=O)c3cc(=O)[nH]n3C)cc2)n1. The normalized spacial score (nSPS) is 10.7. The third-order valence-electron chi connectivity index (χ3n) is 3.28. The van der Waals surface area contributed by atoms with E-state index in [0.29, 0.717) is 23.8 Å². The summed E-state index contributed by atoms with van der Waals surface area (Å²) in [5, 5.41) is 8.97. The van der Waals surface area contributed by atoms with E-state index in [1.807, 2.05) is 12.1 Å². The van der Waals surface area contributed by atoms with Gasteiger partial charge in [0, 0.05) is 18.8 Å². The summed E-state index contributed by atoms with van der Waals surface area (Å²) >= 11 is 0. The molecule has 0 radical (unpaired) electrons. The van der Waals surface area contributed by atoms with Crippen molar-refractivity contribution in [3.05, 3.63) is 63.7 Å². The number of aromatic nitrogens is 4. The molecule has 3 rings (SSSR count). The number of rotatable bonds is 4. The second kappa shape index (κ2) is 5.91. The lowest BCUT2D eigenvalue weighted by Crippen LogP contribution is -2.16. The minimum Gasteiger partial charge on any atom is -0.339 e. The molecule has 1 aromatic carbocycles. The maximum absolute atomic E-state index is 12.1. The third-order valence-corrected chi connectivity index (χ3v) is 3.28. The lowest BCUT2D eigenvalue weighted by Gasteiger charge is -2.06. The summed E-state index contributed by atoms with van der Waals surface area (Å²) in [6, 6.07) is 8.54. The Bertz CT molecular complexity index is 888. The van der Waals surface area contributed by atoms with E-state index in [4.69, 9.17) is 4.52 Å². The van der Waals surface area contributed by atoms with E-state index in [2.05, 4.69) is 20.6 Å². The summed E-state index contributed by atoms with van der Waals surface area (Å²) < 4.78 is 6.45. The number of anilines is 1. The average Bonchev–Trinajstić information content (AvgIpc) is 3.06. The molecule has 2 aromatic heterocycles. The Hall–Kier alpha value is -3.16. The molecule has 0 aliphatic carbocycles. The number of H-pyrrole nitrogens is 1. The summed E-state index contributed by atoms with van der Waals surface area (Å²) in [7, 11) is 1.60. The fourth-order valence-corrected chi connectivity index (χ4v) is 2.18. The first kappa shape index (κ1) is 14.8. The highest BCUT2D eigenvalue weighted by Gasteiger charge is 2.11. The van der Waals surface area contributed by atoms with Crippen molar-refractivity contribution in [3.63, 3.8) is 0 Å². The molecule has 0 fully saturated rings. The summed E-state index contributed by atoms with van der Waals surface area (Å²) in [6.45, 7) is 1.76. The van der Waals surface area contributed by atoms with Gasteiger partial charge in [0.05, 0.1) is 6.42 Å². The number of benzene rings is 1. The van der Waals surface area contributed by atoms with Crippen LogP contribution < -0.4 is 10.9 Å². The quantitative estimate of drug-likeness (QED) is 0.754. The van der Waals surface area contributed by atoms with Gasteiger partial charge in [0.25, 0.3) is 11.5 Å². The van der Waals surface area contributed by atoms with Crippen molar-refractivity contribution in [2.24, 2.45) is 7.05 Å². The number of carbonyl (C=O) groups excluding carboxylic acids is 1. The molecule has 8 nitrogen and oxygen atoms in total. The van der Waals surface area contributed by atoms with Gasteiger partial charge in [-0.05, 0) is 24.6 Å². The van der Waals surface area contributed by atoms with Crippen molar-refractivity contribution in [1.29, 1.82) is 0 Å². The molecule has 0 aliphatic heterocycles. The van der Waals surface area contributed by atoms with Gasteiger partial charge in [-0.2, -0.15) is 4.98 Å². The molecule has 0 saturated heterocycles. The van der Waals surface area contributed by atoms with Gasteiger partial charge < -0.3 is 9.84 Å². The van der Waals surface area contributed by atoms with Crippen LogP contribution in [0.4, 0.5) is 5.69 Å². The van der Waals surface area contributed by atoms with Gasteiger partial charge in [-0.25, -0.2) is 0 Å². The van der Waals surface area contributed by atoms with Crippen molar-refractivity contribution in [3.8, 4) is 0 Å². The standard InChI is InChI=1S/C15H15N5O3/c1-9-16-14(23-19-9)7-10-3-5-11(6-4-10)17-15(22)12-8-13(21)18-20(12)2/h3-6,8H,7H2,1-2H3,(H,17,22)(H,18,21). The van der Waals surface area contributed by atoms with E-state index >= 15 is 0 Å². The maximum atomic E-state index is 12.1. The Balaban J connectivity index is 1.68. The van der Waals surface area contributed by atoms with E-state index in [0.717, 1.165) is 5.56 Å². The highest BCUT2D eigenvalue weighted by molar-refractivity contribution is 6.02. The lowest BCUT2D eigenvalue weighted by molar-refractivity contribution is 0.101. The smallest absolute Gasteiger partial charge is 0.273 e. The number of nitrogens with one attached hydrogen (secondary N) is 2. The molecular weight excluding hydrogens is 298 g/mol. The number of aryl methyl sites for hydroxylation is 2. The zero-order valence-corrected chi connectivity index (χ0v) is 12.7. The van der Waals surface area contributed by atoms with Crippen LogP contribution in [0.1, 0.15) is 27.8 Å². The molecule has 3 aromatic rings. The fourth-order valence-electron chi connectivity index (χ4n) is 2.18. The van der Waals surface area contributed by atoms with Crippen LogP contribution in [-0.2, 0) is 13.5 Å². The van der Waals surface area contributed by atoms with E-state index in [-0.39, 0.29) is 17.2 Å². The summed E-state index contributed by atoms with van der Waals surface area (Å²) in [5.41, 5.74) is 1.57. The monoisotopic (exact) mass is 313 g/mol. The second-order valence-electron chi connectivity index (χ2n) is 5.13. The van der Waals surface area contributed by atoms with Crippen LogP contribution in [0.2, 0.25) is 0 Å². The van der Waals surface area contributed by atoms with Crippen LogP contribution in [0.3, 0.4) is 0 Å². The van der Waals surface area contributed by atoms with Gasteiger partial charge in [0.2, 0.25) is 5.89 Å². The number of hydrogen-bond acceptors (Lipinski definition) is 5. The Morgan fingerprint density at radius 3 is 2.65 bits per heavy atom. The summed E-state index contributed by atoms with van der Waals surface area (Å²) in [6.07, 6.45) is 0.529. The molecule has 23 heavy (non-hydrogen) atoms. The predicted molar refractivity (Wildman–Crippen MR) is 82.3 cm³/mol. The highest BCUT2D eigenvalue weighted by Crippen LogP contribution is 2.13. The Kier molecular flexibility index (Phi) is 3.80. The minimum atomic E-state index is -0.355. The molecule has 1 amide bonds. The Labute approximate surface area is 131 Å². The molecule has 8 heteroatoms. The molecule has 0 spiro atoms. The molecule has 0 unspecified atom stereocenters. The molecule has 0 bridgehead atoms. The molecule has 0 atom stereocenters. The average molecular weight is 313 g/mol. The van der Waals surface area contributed by atoms with Crippen molar-refractivity contribution < 1.29 is 9.32 Å². The largest absolute Gasteiger partial charge is 0.339 e. The molecular formula is C15H15N5O3. The fraction of sp³-hybridized carbons (Fsp3) is 0.200. The van der Waals surface area contributed by atoms with E-state index in [1.165, 1.54) is 10.7 Å². The van der Waals surface area contributed by atoms with Crippen molar-refractivity contribution in [1.82, 2.24) is 19.9 Å². The number of carbonyl (C=O) groups is 1. The van der Waals surface area contributed by atoms with Crippen LogP contribution in [0, 0.1) is 6.92 Å². The highest BCUT2D eigenvalue weighted by atomic mass is 16.5. The van der Waals surface area contributed by atoms with Crippen LogP contribution in [0.25, 0.3) is 0 Å². The van der Waals surface area contributed by atoms with Crippen LogP contribution >= 0.6 is 0 Å². The number of aromatic amines is 1. The molecule has 2 N–H and O–H groups in total. The van der Waals surface area contributed by atoms with Gasteiger partial charge in [-0.3, -0.25) is 19.4 Å². The van der Waals surface area contributed by atoms with Gasteiger partial charge in [-0.15, -0.1) is 0 Å². The molecule has 118 valence electrons. The Morgan fingerprint density at radius 1 is 1.35 bits per heavy atom. The second-order valence-corrected chi connectivity index (χ2v) is 5.13. The number of amides is 1. The minimum absolute atomic E-state index is 0.264. The number of nitrogens with zero attached hydrogens (tertiary/aromatic N) is 3. The summed E-state index contributed by atoms with van der Waals surface area (Å²) in [4.78, 5) is 27.5. The van der Waals surface area contributed by atoms with Gasteiger partial charge in [0.1, 0.15) is 5.69 Å². The van der Waals surface area contributed by atoms with Crippen molar-refractivity contribution >= 4 is 11.6 Å². The first-order valence-corrected chi connectivity index (χ1v) is 6.97. The van der Waals surface area contributed by atoms with Gasteiger partial charge in [-0.1, -0.05) is 17.3 Å². The molecule has 0 aliphatic rings. The predicted octanol–water partition coefficient (Wildman–Crippen LogP) is 1.25. The van der Waals surface area contributed by atoms with Crippen molar-refractivity contribution in [2.75, 3.05) is 5.32 Å². The van der Waals surface area contributed by atoms with Crippen molar-refractivity contribution in [2.45, 2.75) is 13.3 Å². The zero-order chi connectivity index (χ0) is 16.4. The van der Waals surface area contributed by atoms with Crippen LogP contribution in [0.5, 0.6) is 0 Å². The van der Waals surface area contributed by atoms with E-state index in [9.17, 15) is 9.59 Å². The van der Waals surface area contributed by atoms with Gasteiger partial charge in [0.15, 0.2) is 5.82 Å². The van der Waals surface area contributed by atoms with Gasteiger partial charge >= 0.3 is 0 Å². The van der Waals surface area contributed by atoms with Crippen LogP contribution in [-0.4, -0.2) is 25.8 Å². The molecule has 2 heterocycles. The number of hydrogen-bond donors (Lipinski definition) is 2. The first-order chi connectivity index (χ1) is 11.0. The topological polar surface area (TPSA) is 106 Å². The third kappa shape index (κ3) is 3.37. The van der Waals surface area contributed by atoms with E-state index in [1.54, 1.807) is 26.1 Å². The Morgan fingerprint density at radius 2 is 2.09 bits per heavy atom. The lowest BCUT2D eigenvalue weighted by atomic mass is 10.1.